The summed E-state index contributed by atoms with van der Waals surface area (Å²) in [5, 5.41) is 9.17. The van der Waals surface area contributed by atoms with E-state index >= 15 is 0 Å². The van der Waals surface area contributed by atoms with Crippen LogP contribution < -0.4 is 5.43 Å². The molecule has 1 aliphatic carbocycles. The lowest BCUT2D eigenvalue weighted by atomic mass is 9.82. The molecule has 0 unspecified atom stereocenters. The molecule has 2 N–H and O–H groups in total. The second kappa shape index (κ2) is 4.83. The number of nitrogens with one attached hydrogen (secondary N) is 1. The Labute approximate surface area is 105 Å². The molecule has 2 rings (SSSR count). The fourth-order valence-corrected chi connectivity index (χ4v) is 3.36. The summed E-state index contributed by atoms with van der Waals surface area (Å²) in [5.74, 6) is 0.169. The summed E-state index contributed by atoms with van der Waals surface area (Å²) in [6, 6.07) is 1.19. The van der Waals surface area contributed by atoms with Crippen molar-refractivity contribution in [3.63, 3.8) is 0 Å². The Kier molecular flexibility index (Phi) is 3.56. The molecule has 0 bridgehead atoms. The number of hydrogen-bond donors (Lipinski definition) is 2. The molecule has 0 aliphatic heterocycles. The molecule has 1 heterocycles. The Hall–Kier alpha value is -1.18. The highest BCUT2D eigenvalue weighted by molar-refractivity contribution is 7.89. The molecule has 0 amide bonds. The number of aliphatic hydroxyl groups excluding tert-OH is 1. The lowest BCUT2D eigenvalue weighted by molar-refractivity contribution is 0.0367. The average Bonchev–Trinajstić information content (AvgIpc) is 2.27. The van der Waals surface area contributed by atoms with E-state index in [1.807, 2.05) is 0 Å². The fraction of sp³-hybridized carbons (Fsp3) is 0.545. The van der Waals surface area contributed by atoms with E-state index in [9.17, 15) is 18.3 Å². The van der Waals surface area contributed by atoms with Gasteiger partial charge in [-0.1, -0.05) is 0 Å². The van der Waals surface area contributed by atoms with Gasteiger partial charge >= 0.3 is 0 Å². The van der Waals surface area contributed by atoms with Crippen LogP contribution in [0.3, 0.4) is 0 Å². The molecule has 1 saturated carbocycles. The van der Waals surface area contributed by atoms with Gasteiger partial charge in [-0.05, 0) is 18.8 Å². The first-order valence-electron chi connectivity index (χ1n) is 5.73. The molecule has 6 nitrogen and oxygen atoms in total. The van der Waals surface area contributed by atoms with E-state index in [1.54, 1.807) is 0 Å². The van der Waals surface area contributed by atoms with Crippen molar-refractivity contribution in [3.05, 3.63) is 28.7 Å². The predicted molar refractivity (Wildman–Crippen MR) is 65.6 cm³/mol. The third-order valence-electron chi connectivity index (χ3n) is 3.20. The van der Waals surface area contributed by atoms with Crippen LogP contribution in [-0.2, 0) is 10.0 Å². The van der Waals surface area contributed by atoms with E-state index in [0.717, 1.165) is 0 Å². The molecule has 0 atom stereocenters. The number of rotatable bonds is 4. The number of sulfonamides is 1. The zero-order valence-electron chi connectivity index (χ0n) is 10.0. The Morgan fingerprint density at radius 2 is 2.17 bits per heavy atom. The predicted octanol–water partition coefficient (Wildman–Crippen LogP) is -0.234. The summed E-state index contributed by atoms with van der Waals surface area (Å²) < 4.78 is 25.5. The molecule has 7 heteroatoms. The summed E-state index contributed by atoms with van der Waals surface area (Å²) in [6.07, 6.45) is 3.51. The zero-order chi connectivity index (χ0) is 13.3. The lowest BCUT2D eigenvalue weighted by Gasteiger charge is -2.33. The van der Waals surface area contributed by atoms with Crippen LogP contribution in [0.5, 0.6) is 0 Å². The summed E-state index contributed by atoms with van der Waals surface area (Å²) in [4.78, 5) is 13.9. The number of hydrogen-bond acceptors (Lipinski definition) is 4. The Balaban J connectivity index is 2.16. The van der Waals surface area contributed by atoms with Crippen LogP contribution in [0.2, 0.25) is 0 Å². The third-order valence-corrected chi connectivity index (χ3v) is 5.05. The highest BCUT2D eigenvalue weighted by Crippen LogP contribution is 2.28. The topological polar surface area (TPSA) is 90.5 Å². The van der Waals surface area contributed by atoms with Gasteiger partial charge in [0.1, 0.15) is 4.90 Å². The van der Waals surface area contributed by atoms with Gasteiger partial charge in [0.05, 0.1) is 6.10 Å². The molecular formula is C11H16N2O4S. The largest absolute Gasteiger partial charge is 0.393 e. The molecule has 0 radical (unpaired) electrons. The number of pyridine rings is 1. The van der Waals surface area contributed by atoms with Crippen LogP contribution >= 0.6 is 0 Å². The normalized spacial score (nSPS) is 23.9. The monoisotopic (exact) mass is 272 g/mol. The molecular weight excluding hydrogens is 256 g/mol. The molecule has 1 aromatic heterocycles. The van der Waals surface area contributed by atoms with Crippen molar-refractivity contribution in [2.24, 2.45) is 5.92 Å². The molecule has 1 aromatic rings. The van der Waals surface area contributed by atoms with Crippen LogP contribution in [0.15, 0.2) is 28.2 Å². The summed E-state index contributed by atoms with van der Waals surface area (Å²) in [7, 11) is -2.30. The Morgan fingerprint density at radius 1 is 1.50 bits per heavy atom. The van der Waals surface area contributed by atoms with Crippen LogP contribution in [0.25, 0.3) is 0 Å². The Morgan fingerprint density at radius 3 is 2.72 bits per heavy atom. The van der Waals surface area contributed by atoms with Crippen LogP contribution in [0.4, 0.5) is 0 Å². The van der Waals surface area contributed by atoms with Crippen molar-refractivity contribution >= 4 is 10.0 Å². The van der Waals surface area contributed by atoms with Gasteiger partial charge in [-0.25, -0.2) is 12.7 Å². The number of aromatic nitrogens is 1. The van der Waals surface area contributed by atoms with Crippen LogP contribution in [0.1, 0.15) is 12.8 Å². The molecule has 18 heavy (non-hydrogen) atoms. The highest BCUT2D eigenvalue weighted by atomic mass is 32.2. The van der Waals surface area contributed by atoms with E-state index in [-0.39, 0.29) is 16.9 Å². The quantitative estimate of drug-likeness (QED) is 0.792. The number of aromatic amines is 1. The minimum Gasteiger partial charge on any atom is -0.393 e. The minimum absolute atomic E-state index is 0.169. The first-order chi connectivity index (χ1) is 8.41. The highest BCUT2D eigenvalue weighted by Gasteiger charge is 2.32. The van der Waals surface area contributed by atoms with Crippen molar-refractivity contribution in [2.75, 3.05) is 13.6 Å². The van der Waals surface area contributed by atoms with Gasteiger partial charge in [-0.15, -0.1) is 0 Å². The number of nitrogens with zero attached hydrogens (tertiary/aromatic N) is 1. The van der Waals surface area contributed by atoms with Crippen molar-refractivity contribution in [1.82, 2.24) is 9.29 Å². The molecule has 1 fully saturated rings. The molecule has 0 aromatic carbocycles. The van der Waals surface area contributed by atoms with Crippen molar-refractivity contribution in [3.8, 4) is 0 Å². The van der Waals surface area contributed by atoms with Gasteiger partial charge in [-0.3, -0.25) is 4.79 Å². The van der Waals surface area contributed by atoms with Crippen molar-refractivity contribution < 1.29 is 13.5 Å². The maximum absolute atomic E-state index is 12.2. The number of aliphatic hydroxyl groups is 1. The molecule has 1 aliphatic rings. The number of H-pyrrole nitrogens is 1. The smallest absolute Gasteiger partial charge is 0.248 e. The van der Waals surface area contributed by atoms with E-state index < -0.39 is 15.5 Å². The second-order valence-electron chi connectivity index (χ2n) is 4.65. The molecule has 100 valence electrons. The SMILES string of the molecule is CN(CC1CC(O)C1)S(=O)(=O)c1c[nH]ccc1=O. The second-order valence-corrected chi connectivity index (χ2v) is 6.66. The maximum atomic E-state index is 12.2. The van der Waals surface area contributed by atoms with Gasteiger partial charge in [0.25, 0.3) is 0 Å². The zero-order valence-corrected chi connectivity index (χ0v) is 10.9. The first kappa shape index (κ1) is 13.3. The Bertz CT molecular complexity index is 575. The fourth-order valence-electron chi connectivity index (χ4n) is 2.08. The average molecular weight is 272 g/mol. The van der Waals surface area contributed by atoms with Gasteiger partial charge < -0.3 is 10.1 Å². The molecule has 0 saturated heterocycles. The minimum atomic E-state index is -3.75. The van der Waals surface area contributed by atoms with Crippen molar-refractivity contribution in [1.29, 1.82) is 0 Å². The third kappa shape index (κ3) is 2.47. The summed E-state index contributed by atoms with van der Waals surface area (Å²) in [6.45, 7) is 0.327. The standard InChI is InChI=1S/C11H16N2O4S/c1-13(7-8-4-9(14)5-8)18(16,17)11-6-12-3-2-10(11)15/h2-3,6,8-9,14H,4-5,7H2,1H3,(H,12,15). The summed E-state index contributed by atoms with van der Waals surface area (Å²) >= 11 is 0. The van der Waals surface area contributed by atoms with E-state index in [4.69, 9.17) is 0 Å². The van der Waals surface area contributed by atoms with Gasteiger partial charge in [0.15, 0.2) is 0 Å². The van der Waals surface area contributed by atoms with Gasteiger partial charge in [0.2, 0.25) is 15.5 Å². The van der Waals surface area contributed by atoms with E-state index in [2.05, 4.69) is 4.98 Å². The van der Waals surface area contributed by atoms with E-state index in [0.29, 0.717) is 19.4 Å². The maximum Gasteiger partial charge on any atom is 0.248 e. The van der Waals surface area contributed by atoms with E-state index in [1.165, 1.54) is 29.8 Å². The van der Waals surface area contributed by atoms with Crippen molar-refractivity contribution in [2.45, 2.75) is 23.8 Å². The first-order valence-corrected chi connectivity index (χ1v) is 7.17. The van der Waals surface area contributed by atoms with Crippen LogP contribution in [0, 0.1) is 5.92 Å². The lowest BCUT2D eigenvalue weighted by Crippen LogP contribution is -2.40. The van der Waals surface area contributed by atoms with Crippen LogP contribution in [-0.4, -0.2) is 42.5 Å². The van der Waals surface area contributed by atoms with Gasteiger partial charge in [-0.2, -0.15) is 0 Å². The van der Waals surface area contributed by atoms with Gasteiger partial charge in [0, 0.05) is 32.1 Å². The molecule has 0 spiro atoms. The summed E-state index contributed by atoms with van der Waals surface area (Å²) in [5.41, 5.74) is -0.519.